The minimum absolute atomic E-state index is 0.0125. The summed E-state index contributed by atoms with van der Waals surface area (Å²) in [5.41, 5.74) is 0.721. The summed E-state index contributed by atoms with van der Waals surface area (Å²) in [7, 11) is 3.75. The first-order valence-electron chi connectivity index (χ1n) is 10.4. The minimum Gasteiger partial charge on any atom is -0.357 e. The highest BCUT2D eigenvalue weighted by Crippen LogP contribution is 2.31. The molecule has 1 N–H and O–H groups in total. The summed E-state index contributed by atoms with van der Waals surface area (Å²) >= 11 is 0. The van der Waals surface area contributed by atoms with Crippen LogP contribution in [0.1, 0.15) is 44.0 Å². The van der Waals surface area contributed by atoms with Gasteiger partial charge in [-0.1, -0.05) is 0 Å². The van der Waals surface area contributed by atoms with Crippen LogP contribution in [0.4, 0.5) is 17.5 Å². The molecule has 2 fully saturated rings. The average molecular weight is 399 g/mol. The van der Waals surface area contributed by atoms with Crippen LogP contribution in [0.5, 0.6) is 0 Å². The number of pyridine rings is 1. The van der Waals surface area contributed by atoms with Crippen molar-refractivity contribution in [3.63, 3.8) is 0 Å². The first-order chi connectivity index (χ1) is 14.1. The lowest BCUT2D eigenvalue weighted by Gasteiger charge is -2.27. The molecule has 9 heteroatoms. The van der Waals surface area contributed by atoms with Gasteiger partial charge in [0.05, 0.1) is 24.5 Å². The first-order valence-corrected chi connectivity index (χ1v) is 10.4. The molecule has 1 amide bonds. The molecule has 0 bridgehead atoms. The van der Waals surface area contributed by atoms with Gasteiger partial charge in [-0.05, 0) is 55.9 Å². The highest BCUT2D eigenvalue weighted by Gasteiger charge is 2.32. The van der Waals surface area contributed by atoms with E-state index in [-0.39, 0.29) is 18.5 Å². The molecule has 0 aromatic carbocycles. The molecule has 4 rings (SSSR count). The molecule has 156 valence electrons. The van der Waals surface area contributed by atoms with Crippen LogP contribution in [0.15, 0.2) is 22.9 Å². The van der Waals surface area contributed by atoms with Gasteiger partial charge in [-0.15, -0.1) is 0 Å². The number of anilines is 3. The lowest BCUT2D eigenvalue weighted by Crippen LogP contribution is -2.33. The maximum atomic E-state index is 12.6. The maximum absolute atomic E-state index is 12.6. The Bertz CT molecular complexity index is 814. The topological polar surface area (TPSA) is 90.6 Å². The first kappa shape index (κ1) is 19.6. The average Bonchev–Trinajstić information content (AvgIpc) is 3.38. The lowest BCUT2D eigenvalue weighted by molar-refractivity contribution is -0.117. The van der Waals surface area contributed by atoms with Crippen molar-refractivity contribution in [3.8, 4) is 0 Å². The van der Waals surface area contributed by atoms with Crippen molar-refractivity contribution in [1.29, 1.82) is 0 Å². The molecule has 0 spiro atoms. The number of rotatable bonds is 6. The van der Waals surface area contributed by atoms with E-state index in [0.717, 1.165) is 44.0 Å². The van der Waals surface area contributed by atoms with Crippen molar-refractivity contribution in [2.24, 2.45) is 0 Å². The second-order valence-corrected chi connectivity index (χ2v) is 7.96. The highest BCUT2D eigenvalue weighted by molar-refractivity contribution is 5.92. The summed E-state index contributed by atoms with van der Waals surface area (Å²) in [6.07, 6.45) is 7.38. The molecule has 0 saturated carbocycles. The van der Waals surface area contributed by atoms with E-state index in [9.17, 15) is 4.79 Å². The van der Waals surface area contributed by atoms with Crippen LogP contribution in [0, 0.1) is 0 Å². The normalized spacial score (nSPS) is 20.1. The molecule has 1 atom stereocenters. The molecule has 2 aromatic heterocycles. The summed E-state index contributed by atoms with van der Waals surface area (Å²) in [5.74, 6) is 2.05. The lowest BCUT2D eigenvalue weighted by atomic mass is 10.1. The SMILES string of the molecule is CN(C)c1noc(C2CCCN2CC(=O)Nc2ccc(N3CCCCC3)nc2)n1. The number of hydrogen-bond donors (Lipinski definition) is 1. The van der Waals surface area contributed by atoms with Crippen molar-refractivity contribution in [3.05, 3.63) is 24.2 Å². The molecule has 1 unspecified atom stereocenters. The Hall–Kier alpha value is -2.68. The number of carbonyl (C=O) groups is 1. The quantitative estimate of drug-likeness (QED) is 0.791. The van der Waals surface area contributed by atoms with Crippen LogP contribution >= 0.6 is 0 Å². The Labute approximate surface area is 171 Å². The molecule has 2 aromatic rings. The van der Waals surface area contributed by atoms with E-state index >= 15 is 0 Å². The number of piperidine rings is 1. The van der Waals surface area contributed by atoms with Gasteiger partial charge >= 0.3 is 0 Å². The van der Waals surface area contributed by atoms with Gasteiger partial charge in [0, 0.05) is 27.2 Å². The van der Waals surface area contributed by atoms with Gasteiger partial charge in [0.15, 0.2) is 0 Å². The van der Waals surface area contributed by atoms with Crippen molar-refractivity contribution in [1.82, 2.24) is 20.0 Å². The summed E-state index contributed by atoms with van der Waals surface area (Å²) in [4.78, 5) is 27.8. The molecule has 4 heterocycles. The van der Waals surface area contributed by atoms with Gasteiger partial charge in [-0.25, -0.2) is 4.98 Å². The van der Waals surface area contributed by atoms with Crippen molar-refractivity contribution in [2.45, 2.75) is 38.1 Å². The summed E-state index contributed by atoms with van der Waals surface area (Å²) < 4.78 is 5.42. The molecule has 0 aliphatic carbocycles. The molecule has 2 saturated heterocycles. The molecule has 2 aliphatic heterocycles. The predicted molar refractivity (Wildman–Crippen MR) is 111 cm³/mol. The molecule has 9 nitrogen and oxygen atoms in total. The second kappa shape index (κ2) is 8.77. The summed E-state index contributed by atoms with van der Waals surface area (Å²) in [6.45, 7) is 3.24. The number of aromatic nitrogens is 3. The monoisotopic (exact) mass is 399 g/mol. The van der Waals surface area contributed by atoms with Crippen LogP contribution in [-0.2, 0) is 4.79 Å². The van der Waals surface area contributed by atoms with Crippen LogP contribution in [0.3, 0.4) is 0 Å². The van der Waals surface area contributed by atoms with E-state index < -0.39 is 0 Å². The Morgan fingerprint density at radius 3 is 2.72 bits per heavy atom. The fourth-order valence-corrected chi connectivity index (χ4v) is 3.99. The standard InChI is InChI=1S/C20H29N7O2/c1-25(2)20-23-19(29-24-20)16-7-6-12-27(16)14-18(28)22-15-8-9-17(21-13-15)26-10-4-3-5-11-26/h8-9,13,16H,3-7,10-12,14H2,1-2H3,(H,22,28). The van der Waals surface area contributed by atoms with Gasteiger partial charge < -0.3 is 19.6 Å². The van der Waals surface area contributed by atoms with Crippen LogP contribution in [0.2, 0.25) is 0 Å². The van der Waals surface area contributed by atoms with Gasteiger partial charge in [0.2, 0.25) is 11.8 Å². The van der Waals surface area contributed by atoms with Crippen molar-refractivity contribution in [2.75, 3.05) is 55.4 Å². The Kier molecular flexibility index (Phi) is 5.94. The fraction of sp³-hybridized carbons (Fsp3) is 0.600. The van der Waals surface area contributed by atoms with Gasteiger partial charge in [0.25, 0.3) is 5.95 Å². The minimum atomic E-state index is -0.0585. The summed E-state index contributed by atoms with van der Waals surface area (Å²) in [6, 6.07) is 3.90. The van der Waals surface area contributed by atoms with Crippen LogP contribution in [0.25, 0.3) is 0 Å². The zero-order chi connectivity index (χ0) is 20.2. The Balaban J connectivity index is 1.33. The van der Waals surface area contributed by atoms with E-state index in [2.05, 4.69) is 30.2 Å². The molecule has 2 aliphatic rings. The molecule has 0 radical (unpaired) electrons. The van der Waals surface area contributed by atoms with Gasteiger partial charge in [0.1, 0.15) is 5.82 Å². The van der Waals surface area contributed by atoms with Crippen LogP contribution in [-0.4, -0.2) is 66.2 Å². The maximum Gasteiger partial charge on any atom is 0.265 e. The van der Waals surface area contributed by atoms with E-state index in [0.29, 0.717) is 11.8 Å². The second-order valence-electron chi connectivity index (χ2n) is 7.96. The predicted octanol–water partition coefficient (Wildman–Crippen LogP) is 2.30. The third-order valence-electron chi connectivity index (χ3n) is 5.54. The number of nitrogens with zero attached hydrogens (tertiary/aromatic N) is 6. The third kappa shape index (κ3) is 4.67. The number of carbonyl (C=O) groups excluding carboxylic acids is 1. The number of amides is 1. The molecular formula is C20H29N7O2. The van der Waals surface area contributed by atoms with Gasteiger partial charge in [-0.3, -0.25) is 9.69 Å². The van der Waals surface area contributed by atoms with E-state index in [1.807, 2.05) is 26.2 Å². The number of likely N-dealkylation sites (tertiary alicyclic amines) is 1. The highest BCUT2D eigenvalue weighted by atomic mass is 16.5. The molecular weight excluding hydrogens is 370 g/mol. The van der Waals surface area contributed by atoms with Crippen LogP contribution < -0.4 is 15.1 Å². The third-order valence-corrected chi connectivity index (χ3v) is 5.54. The molecule has 29 heavy (non-hydrogen) atoms. The fourth-order valence-electron chi connectivity index (χ4n) is 3.99. The smallest absolute Gasteiger partial charge is 0.265 e. The Morgan fingerprint density at radius 1 is 1.21 bits per heavy atom. The van der Waals surface area contributed by atoms with Crippen molar-refractivity contribution < 1.29 is 9.32 Å². The van der Waals surface area contributed by atoms with E-state index in [1.54, 1.807) is 11.1 Å². The zero-order valence-corrected chi connectivity index (χ0v) is 17.2. The van der Waals surface area contributed by atoms with Gasteiger partial charge in [-0.2, -0.15) is 4.98 Å². The summed E-state index contributed by atoms with van der Waals surface area (Å²) in [5, 5.41) is 6.95. The van der Waals surface area contributed by atoms with E-state index in [4.69, 9.17) is 4.52 Å². The van der Waals surface area contributed by atoms with E-state index in [1.165, 1.54) is 19.3 Å². The van der Waals surface area contributed by atoms with Crippen molar-refractivity contribution >= 4 is 23.4 Å². The number of hydrogen-bond acceptors (Lipinski definition) is 8. The number of nitrogens with one attached hydrogen (secondary N) is 1. The Morgan fingerprint density at radius 2 is 2.03 bits per heavy atom. The zero-order valence-electron chi connectivity index (χ0n) is 17.2. The largest absolute Gasteiger partial charge is 0.357 e.